The molecule has 1 fully saturated rings. The number of hydrogen-bond acceptors (Lipinski definition) is 3. The number of amides is 3. The van der Waals surface area contributed by atoms with Gasteiger partial charge in [-0.2, -0.15) is 0 Å². The Labute approximate surface area is 86.5 Å². The fourth-order valence-corrected chi connectivity index (χ4v) is 1.51. The minimum atomic E-state index is -0.525. The van der Waals surface area contributed by atoms with Crippen molar-refractivity contribution in [1.29, 1.82) is 0 Å². The van der Waals surface area contributed by atoms with Crippen LogP contribution in [-0.2, 0) is 9.59 Å². The third kappa shape index (κ3) is 1.66. The Morgan fingerprint density at radius 2 is 1.53 bits per heavy atom. The topological polar surface area (TPSA) is 54.5 Å². The Morgan fingerprint density at radius 3 is 2.07 bits per heavy atom. The van der Waals surface area contributed by atoms with Gasteiger partial charge in [0.15, 0.2) is 0 Å². The number of hydrogen-bond donors (Lipinski definition) is 0. The van der Waals surface area contributed by atoms with E-state index >= 15 is 0 Å². The molecule has 1 aromatic carbocycles. The summed E-state index contributed by atoms with van der Waals surface area (Å²) in [7, 11) is 0. The van der Waals surface area contributed by atoms with E-state index in [1.165, 1.54) is 0 Å². The van der Waals surface area contributed by atoms with E-state index in [4.69, 9.17) is 0 Å². The molecule has 2 rings (SSSR count). The molecule has 3 amide bonds. The third-order valence-electron chi connectivity index (χ3n) is 2.28. The van der Waals surface area contributed by atoms with Gasteiger partial charge in [-0.3, -0.25) is 14.4 Å². The maximum absolute atomic E-state index is 11.8. The molecule has 1 aliphatic heterocycles. The minimum Gasteiger partial charge on any atom is -0.274 e. The van der Waals surface area contributed by atoms with Gasteiger partial charge < -0.3 is 0 Å². The molecular weight excluding hydrogens is 194 g/mol. The summed E-state index contributed by atoms with van der Waals surface area (Å²) >= 11 is 0. The minimum absolute atomic E-state index is 0.136. The van der Waals surface area contributed by atoms with Crippen LogP contribution in [0.3, 0.4) is 0 Å². The van der Waals surface area contributed by atoms with Crippen molar-refractivity contribution < 1.29 is 14.4 Å². The van der Waals surface area contributed by atoms with Crippen molar-refractivity contribution >= 4 is 17.7 Å². The number of nitrogens with zero attached hydrogens (tertiary/aromatic N) is 1. The molecule has 0 atom stereocenters. The Kier molecular flexibility index (Phi) is 2.33. The van der Waals surface area contributed by atoms with Crippen molar-refractivity contribution in [3.63, 3.8) is 0 Å². The van der Waals surface area contributed by atoms with Crippen molar-refractivity contribution in [2.75, 3.05) is 0 Å². The highest BCUT2D eigenvalue weighted by Crippen LogP contribution is 2.15. The van der Waals surface area contributed by atoms with Gasteiger partial charge in [-0.1, -0.05) is 18.2 Å². The lowest BCUT2D eigenvalue weighted by atomic mass is 10.2. The van der Waals surface area contributed by atoms with E-state index in [-0.39, 0.29) is 12.8 Å². The second-order valence-electron chi connectivity index (χ2n) is 3.29. The lowest BCUT2D eigenvalue weighted by Gasteiger charge is -2.11. The van der Waals surface area contributed by atoms with E-state index in [0.29, 0.717) is 5.56 Å². The van der Waals surface area contributed by atoms with Crippen LogP contribution in [0.5, 0.6) is 0 Å². The van der Waals surface area contributed by atoms with Gasteiger partial charge in [-0.05, 0) is 12.1 Å². The Morgan fingerprint density at radius 1 is 1.00 bits per heavy atom. The normalized spacial score (nSPS) is 15.9. The molecule has 0 N–H and O–H groups in total. The molecular formula is C11H9NO3. The fraction of sp³-hybridized carbons (Fsp3) is 0.182. The van der Waals surface area contributed by atoms with Crippen LogP contribution >= 0.6 is 0 Å². The maximum atomic E-state index is 11.8. The van der Waals surface area contributed by atoms with Gasteiger partial charge in [0, 0.05) is 18.4 Å². The van der Waals surface area contributed by atoms with E-state index < -0.39 is 17.7 Å². The van der Waals surface area contributed by atoms with Crippen molar-refractivity contribution in [3.8, 4) is 0 Å². The maximum Gasteiger partial charge on any atom is 0.267 e. The van der Waals surface area contributed by atoms with E-state index in [2.05, 4.69) is 0 Å². The zero-order valence-electron chi connectivity index (χ0n) is 7.97. The van der Waals surface area contributed by atoms with E-state index in [1.807, 2.05) is 0 Å². The summed E-state index contributed by atoms with van der Waals surface area (Å²) in [5, 5.41) is 0. The number of imide groups is 3. The number of benzene rings is 1. The first-order chi connectivity index (χ1) is 7.20. The van der Waals surface area contributed by atoms with Gasteiger partial charge in [0.1, 0.15) is 0 Å². The number of likely N-dealkylation sites (tertiary alicyclic amines) is 1. The highest BCUT2D eigenvalue weighted by Gasteiger charge is 2.34. The van der Waals surface area contributed by atoms with Crippen LogP contribution < -0.4 is 0 Å². The Hall–Kier alpha value is -1.97. The van der Waals surface area contributed by atoms with Gasteiger partial charge >= 0.3 is 0 Å². The summed E-state index contributed by atoms with van der Waals surface area (Å²) < 4.78 is 0. The smallest absolute Gasteiger partial charge is 0.267 e. The molecule has 0 aromatic heterocycles. The van der Waals surface area contributed by atoms with Gasteiger partial charge in [0.25, 0.3) is 5.91 Å². The van der Waals surface area contributed by atoms with Crippen LogP contribution in [0, 0.1) is 0 Å². The summed E-state index contributed by atoms with van der Waals surface area (Å²) in [5.41, 5.74) is 0.362. The first-order valence-electron chi connectivity index (χ1n) is 4.65. The predicted octanol–water partition coefficient (Wildman–Crippen LogP) is 0.976. The quantitative estimate of drug-likeness (QED) is 0.639. The molecule has 1 aliphatic rings. The molecule has 76 valence electrons. The SMILES string of the molecule is O=C1CCC(=O)N1C(=O)c1ccccc1. The summed E-state index contributed by atoms with van der Waals surface area (Å²) in [6.45, 7) is 0. The van der Waals surface area contributed by atoms with Crippen molar-refractivity contribution in [3.05, 3.63) is 35.9 Å². The van der Waals surface area contributed by atoms with Gasteiger partial charge in [-0.25, -0.2) is 4.90 Å². The Balaban J connectivity index is 2.29. The monoisotopic (exact) mass is 203 g/mol. The van der Waals surface area contributed by atoms with E-state index in [9.17, 15) is 14.4 Å². The van der Waals surface area contributed by atoms with Crippen molar-refractivity contribution in [2.24, 2.45) is 0 Å². The second-order valence-corrected chi connectivity index (χ2v) is 3.29. The predicted molar refractivity (Wildman–Crippen MR) is 51.9 cm³/mol. The van der Waals surface area contributed by atoms with E-state index in [1.54, 1.807) is 30.3 Å². The summed E-state index contributed by atoms with van der Waals surface area (Å²) in [6, 6.07) is 8.32. The molecule has 1 saturated heterocycles. The molecule has 0 bridgehead atoms. The molecule has 0 radical (unpaired) electrons. The van der Waals surface area contributed by atoms with Gasteiger partial charge in [-0.15, -0.1) is 0 Å². The number of carbonyl (C=O) groups excluding carboxylic acids is 3. The zero-order chi connectivity index (χ0) is 10.8. The lowest BCUT2D eigenvalue weighted by Crippen LogP contribution is -2.35. The molecule has 0 unspecified atom stereocenters. The molecule has 0 saturated carbocycles. The largest absolute Gasteiger partial charge is 0.274 e. The average Bonchev–Trinajstić information content (AvgIpc) is 2.59. The first-order valence-corrected chi connectivity index (χ1v) is 4.65. The van der Waals surface area contributed by atoms with Crippen LogP contribution in [0.2, 0.25) is 0 Å². The highest BCUT2D eigenvalue weighted by molar-refractivity contribution is 6.19. The molecule has 15 heavy (non-hydrogen) atoms. The lowest BCUT2D eigenvalue weighted by molar-refractivity contribution is -0.134. The van der Waals surface area contributed by atoms with Crippen LogP contribution in [0.15, 0.2) is 30.3 Å². The van der Waals surface area contributed by atoms with Crippen LogP contribution in [0.25, 0.3) is 0 Å². The third-order valence-corrected chi connectivity index (χ3v) is 2.28. The van der Waals surface area contributed by atoms with Crippen molar-refractivity contribution in [2.45, 2.75) is 12.8 Å². The van der Waals surface area contributed by atoms with Crippen LogP contribution in [-0.4, -0.2) is 22.6 Å². The van der Waals surface area contributed by atoms with Crippen LogP contribution in [0.4, 0.5) is 0 Å². The molecule has 4 heteroatoms. The summed E-state index contributed by atoms with van der Waals surface area (Å²) in [4.78, 5) is 35.1. The standard InChI is InChI=1S/C11H9NO3/c13-9-6-7-10(14)12(9)11(15)8-4-2-1-3-5-8/h1-5H,6-7H2. The molecule has 0 aliphatic carbocycles. The average molecular weight is 203 g/mol. The fourth-order valence-electron chi connectivity index (χ4n) is 1.51. The Bertz CT molecular complexity index is 409. The van der Waals surface area contributed by atoms with Gasteiger partial charge in [0.05, 0.1) is 0 Å². The molecule has 4 nitrogen and oxygen atoms in total. The summed E-state index contributed by atoms with van der Waals surface area (Å²) in [6.07, 6.45) is 0.273. The zero-order valence-corrected chi connectivity index (χ0v) is 7.97. The van der Waals surface area contributed by atoms with Crippen LogP contribution in [0.1, 0.15) is 23.2 Å². The molecule has 1 heterocycles. The van der Waals surface area contributed by atoms with E-state index in [0.717, 1.165) is 4.90 Å². The number of rotatable bonds is 1. The van der Waals surface area contributed by atoms with Crippen molar-refractivity contribution in [1.82, 2.24) is 4.90 Å². The van der Waals surface area contributed by atoms with Gasteiger partial charge in [0.2, 0.25) is 11.8 Å². The molecule has 0 spiro atoms. The first kappa shape index (κ1) is 9.58. The highest BCUT2D eigenvalue weighted by atomic mass is 16.2. The second kappa shape index (κ2) is 3.65. The molecule has 1 aromatic rings. The number of carbonyl (C=O) groups is 3. The summed E-state index contributed by atoms with van der Waals surface area (Å²) in [5.74, 6) is -1.34.